The lowest BCUT2D eigenvalue weighted by atomic mass is 10.0. The summed E-state index contributed by atoms with van der Waals surface area (Å²) in [5.41, 5.74) is 0.929. The van der Waals surface area contributed by atoms with E-state index in [1.54, 1.807) is 0 Å². The van der Waals surface area contributed by atoms with Crippen molar-refractivity contribution in [2.24, 2.45) is 5.92 Å². The second-order valence-electron chi connectivity index (χ2n) is 5.43. The van der Waals surface area contributed by atoms with Crippen molar-refractivity contribution in [2.75, 3.05) is 13.2 Å². The maximum absolute atomic E-state index is 12.1. The molecule has 1 heterocycles. The fourth-order valence-corrected chi connectivity index (χ4v) is 2.35. The highest BCUT2D eigenvalue weighted by atomic mass is 16.5. The van der Waals surface area contributed by atoms with Crippen LogP contribution in [0.25, 0.3) is 0 Å². The minimum absolute atomic E-state index is 0.0762. The van der Waals surface area contributed by atoms with Crippen LogP contribution in [0.1, 0.15) is 31.7 Å². The normalized spacial score (nSPS) is 18.8. The molecule has 104 valence electrons. The smallest absolute Gasteiger partial charge is 0.231 e. The van der Waals surface area contributed by atoms with Crippen LogP contribution in [0.15, 0.2) is 24.3 Å². The molecule has 19 heavy (non-hydrogen) atoms. The molecule has 0 spiro atoms. The third-order valence-corrected chi connectivity index (χ3v) is 3.27. The summed E-state index contributed by atoms with van der Waals surface area (Å²) in [4.78, 5) is 12.1. The second kappa shape index (κ2) is 6.06. The van der Waals surface area contributed by atoms with E-state index >= 15 is 0 Å². The van der Waals surface area contributed by atoms with Crippen LogP contribution >= 0.6 is 0 Å². The summed E-state index contributed by atoms with van der Waals surface area (Å²) in [6.07, 6.45) is 0.208. The first kappa shape index (κ1) is 13.9. The molecule has 0 unspecified atom stereocenters. The quantitative estimate of drug-likeness (QED) is 0.850. The Morgan fingerprint density at radius 1 is 1.47 bits per heavy atom. The molecular weight excluding hydrogens is 242 g/mol. The molecule has 4 heteroatoms. The summed E-state index contributed by atoms with van der Waals surface area (Å²) in [5, 5.41) is 12.6. The molecule has 0 bridgehead atoms. The number of carbonyl (C=O) groups excluding carboxylic acids is 1. The number of benzene rings is 1. The minimum atomic E-state index is -0.485. The maximum atomic E-state index is 12.1. The van der Waals surface area contributed by atoms with Gasteiger partial charge >= 0.3 is 0 Å². The lowest BCUT2D eigenvalue weighted by molar-refractivity contribution is -0.123. The highest BCUT2D eigenvalue weighted by Crippen LogP contribution is 2.33. The van der Waals surface area contributed by atoms with Crippen LogP contribution in [0.3, 0.4) is 0 Å². The Morgan fingerprint density at radius 3 is 2.95 bits per heavy atom. The fraction of sp³-hybridized carbons (Fsp3) is 0.533. The number of aliphatic hydroxyl groups is 1. The van der Waals surface area contributed by atoms with E-state index in [1.807, 2.05) is 38.1 Å². The van der Waals surface area contributed by atoms with Gasteiger partial charge in [-0.3, -0.25) is 4.79 Å². The number of amides is 1. The number of para-hydroxylation sites is 1. The van der Waals surface area contributed by atoms with Gasteiger partial charge in [-0.2, -0.15) is 0 Å². The van der Waals surface area contributed by atoms with E-state index in [0.717, 1.165) is 11.3 Å². The number of rotatable bonds is 5. The van der Waals surface area contributed by atoms with Crippen molar-refractivity contribution in [3.05, 3.63) is 29.8 Å². The summed E-state index contributed by atoms with van der Waals surface area (Å²) in [6, 6.07) is 7.58. The number of hydrogen-bond donors (Lipinski definition) is 2. The Kier molecular flexibility index (Phi) is 4.43. The first-order chi connectivity index (χ1) is 9.08. The molecule has 2 N–H and O–H groups in total. The van der Waals surface area contributed by atoms with Crippen molar-refractivity contribution in [1.82, 2.24) is 5.32 Å². The van der Waals surface area contributed by atoms with Crippen LogP contribution in [0.5, 0.6) is 5.75 Å². The number of carbonyl (C=O) groups is 1. The van der Waals surface area contributed by atoms with Gasteiger partial charge in [-0.25, -0.2) is 0 Å². The van der Waals surface area contributed by atoms with Crippen LogP contribution < -0.4 is 10.1 Å². The Balaban J connectivity index is 1.88. The average Bonchev–Trinajstić information content (AvgIpc) is 2.79. The number of fused-ring (bicyclic) bond motifs is 1. The summed E-state index contributed by atoms with van der Waals surface area (Å²) in [7, 11) is 0. The minimum Gasteiger partial charge on any atom is -0.492 e. The maximum Gasteiger partial charge on any atom is 0.231 e. The third kappa shape index (κ3) is 3.47. The van der Waals surface area contributed by atoms with Crippen LogP contribution in [-0.2, 0) is 4.79 Å². The average molecular weight is 263 g/mol. The molecule has 1 aliphatic heterocycles. The van der Waals surface area contributed by atoms with E-state index < -0.39 is 6.10 Å². The van der Waals surface area contributed by atoms with Gasteiger partial charge in [0, 0.05) is 12.1 Å². The molecule has 1 aromatic carbocycles. The fourth-order valence-electron chi connectivity index (χ4n) is 2.35. The predicted molar refractivity (Wildman–Crippen MR) is 73.1 cm³/mol. The number of ether oxygens (including phenoxy) is 1. The molecule has 2 atom stereocenters. The van der Waals surface area contributed by atoms with Crippen LogP contribution in [0.4, 0.5) is 0 Å². The van der Waals surface area contributed by atoms with Gasteiger partial charge in [-0.15, -0.1) is 0 Å². The van der Waals surface area contributed by atoms with Crippen LogP contribution in [-0.4, -0.2) is 30.3 Å². The van der Waals surface area contributed by atoms with Gasteiger partial charge in [0.2, 0.25) is 5.91 Å². The molecule has 2 rings (SSSR count). The molecule has 4 nitrogen and oxygen atoms in total. The van der Waals surface area contributed by atoms with Crippen molar-refractivity contribution in [3.8, 4) is 5.75 Å². The van der Waals surface area contributed by atoms with Gasteiger partial charge in [0.1, 0.15) is 18.3 Å². The monoisotopic (exact) mass is 263 g/mol. The van der Waals surface area contributed by atoms with Crippen LogP contribution in [0.2, 0.25) is 0 Å². The summed E-state index contributed by atoms with van der Waals surface area (Å²) in [6.45, 7) is 4.78. The zero-order valence-electron chi connectivity index (χ0n) is 11.4. The summed E-state index contributed by atoms with van der Waals surface area (Å²) >= 11 is 0. The first-order valence-corrected chi connectivity index (χ1v) is 6.75. The standard InChI is InChI=1S/C15H21NO3/c1-10(2)7-11(17)8-16-15(18)13-9-19-14-6-4-3-5-12(13)14/h3-6,10-11,13,17H,7-9H2,1-2H3,(H,16,18)/t11-,13-/m1/s1. The van der Waals surface area contributed by atoms with Gasteiger partial charge in [-0.1, -0.05) is 32.0 Å². The van der Waals surface area contributed by atoms with Crippen molar-refractivity contribution in [1.29, 1.82) is 0 Å². The van der Waals surface area contributed by atoms with E-state index in [9.17, 15) is 9.90 Å². The van der Waals surface area contributed by atoms with E-state index in [0.29, 0.717) is 25.5 Å². The molecule has 0 saturated carbocycles. The van der Waals surface area contributed by atoms with Crippen molar-refractivity contribution < 1.29 is 14.6 Å². The lowest BCUT2D eigenvalue weighted by Gasteiger charge is -2.15. The van der Waals surface area contributed by atoms with Gasteiger partial charge in [0.05, 0.1) is 6.10 Å². The van der Waals surface area contributed by atoms with E-state index in [1.165, 1.54) is 0 Å². The number of nitrogens with one attached hydrogen (secondary N) is 1. The second-order valence-corrected chi connectivity index (χ2v) is 5.43. The zero-order valence-corrected chi connectivity index (χ0v) is 11.4. The summed E-state index contributed by atoms with van der Waals surface area (Å²) in [5.74, 6) is 0.864. The third-order valence-electron chi connectivity index (χ3n) is 3.27. The largest absolute Gasteiger partial charge is 0.492 e. The van der Waals surface area contributed by atoms with E-state index in [2.05, 4.69) is 5.32 Å². The Labute approximate surface area is 113 Å². The Bertz CT molecular complexity index is 445. The molecule has 1 aromatic rings. The van der Waals surface area contributed by atoms with Gasteiger partial charge in [-0.05, 0) is 18.4 Å². The highest BCUT2D eigenvalue weighted by Gasteiger charge is 2.29. The van der Waals surface area contributed by atoms with Crippen LogP contribution in [0, 0.1) is 5.92 Å². The topological polar surface area (TPSA) is 58.6 Å². The highest BCUT2D eigenvalue weighted by molar-refractivity contribution is 5.85. The van der Waals surface area contributed by atoms with Gasteiger partial charge in [0.25, 0.3) is 0 Å². The van der Waals surface area contributed by atoms with E-state index in [-0.39, 0.29) is 11.8 Å². The van der Waals surface area contributed by atoms with Gasteiger partial charge in [0.15, 0.2) is 0 Å². The predicted octanol–water partition coefficient (Wildman–Crippen LogP) is 1.69. The molecule has 0 fully saturated rings. The molecule has 0 radical (unpaired) electrons. The molecule has 0 aliphatic carbocycles. The lowest BCUT2D eigenvalue weighted by Crippen LogP contribution is -2.36. The Morgan fingerprint density at radius 2 is 2.21 bits per heavy atom. The number of aliphatic hydroxyl groups excluding tert-OH is 1. The number of hydrogen-bond acceptors (Lipinski definition) is 3. The van der Waals surface area contributed by atoms with Gasteiger partial charge < -0.3 is 15.2 Å². The molecular formula is C15H21NO3. The van der Waals surface area contributed by atoms with E-state index in [4.69, 9.17) is 4.74 Å². The molecule has 1 aliphatic rings. The first-order valence-electron chi connectivity index (χ1n) is 6.75. The molecule has 0 saturated heterocycles. The van der Waals surface area contributed by atoms with Crippen molar-refractivity contribution >= 4 is 5.91 Å². The molecule has 1 amide bonds. The van der Waals surface area contributed by atoms with Crippen molar-refractivity contribution in [2.45, 2.75) is 32.3 Å². The Hall–Kier alpha value is -1.55. The summed E-state index contributed by atoms with van der Waals surface area (Å²) < 4.78 is 5.48. The zero-order chi connectivity index (χ0) is 13.8. The molecule has 0 aromatic heterocycles. The van der Waals surface area contributed by atoms with Crippen molar-refractivity contribution in [3.63, 3.8) is 0 Å². The SMILES string of the molecule is CC(C)C[C@@H](O)CNC(=O)[C@@H]1COc2ccccc21.